The highest BCUT2D eigenvalue weighted by atomic mass is 16.5. The van der Waals surface area contributed by atoms with E-state index in [1.54, 1.807) is 6.33 Å². The van der Waals surface area contributed by atoms with Crippen molar-refractivity contribution < 1.29 is 9.26 Å². The number of aryl methyl sites for hydroxylation is 2. The van der Waals surface area contributed by atoms with Crippen LogP contribution in [0.2, 0.25) is 0 Å². The van der Waals surface area contributed by atoms with Crippen molar-refractivity contribution in [3.05, 3.63) is 64.4 Å². The van der Waals surface area contributed by atoms with E-state index in [0.29, 0.717) is 13.2 Å². The summed E-state index contributed by atoms with van der Waals surface area (Å²) in [6.07, 6.45) is 2.37. The first kappa shape index (κ1) is 15.6. The van der Waals surface area contributed by atoms with Crippen LogP contribution in [0.25, 0.3) is 0 Å². The van der Waals surface area contributed by atoms with E-state index >= 15 is 0 Å². The second kappa shape index (κ2) is 6.20. The lowest BCUT2D eigenvalue weighted by atomic mass is 10.0. The fourth-order valence-electron chi connectivity index (χ4n) is 3.24. The summed E-state index contributed by atoms with van der Waals surface area (Å²) in [5.41, 5.74) is 5.22. The van der Waals surface area contributed by atoms with Gasteiger partial charge in [0.05, 0.1) is 11.4 Å². The molecule has 0 aliphatic carbocycles. The molecule has 0 atom stereocenters. The van der Waals surface area contributed by atoms with Crippen LogP contribution in [0.4, 0.5) is 5.82 Å². The number of hydrogen-bond acceptors (Lipinski definition) is 6. The first-order valence-electron chi connectivity index (χ1n) is 8.30. The van der Waals surface area contributed by atoms with E-state index < -0.39 is 0 Å². The molecule has 3 heterocycles. The zero-order valence-electron chi connectivity index (χ0n) is 14.6. The lowest BCUT2D eigenvalue weighted by molar-refractivity contribution is 0.302. The molecule has 0 N–H and O–H groups in total. The van der Waals surface area contributed by atoms with Gasteiger partial charge in [-0.3, -0.25) is 0 Å². The second-order valence-electron chi connectivity index (χ2n) is 6.35. The van der Waals surface area contributed by atoms with Gasteiger partial charge in [0.1, 0.15) is 30.3 Å². The SMILES string of the molecule is Cc1noc(C)c1CN(C)c1ncnc2c1Cc1ccccc1OC2. The van der Waals surface area contributed by atoms with E-state index in [9.17, 15) is 0 Å². The van der Waals surface area contributed by atoms with E-state index in [4.69, 9.17) is 9.26 Å². The van der Waals surface area contributed by atoms with Gasteiger partial charge in [0, 0.05) is 31.1 Å². The fraction of sp³-hybridized carbons (Fsp3) is 0.316. The maximum Gasteiger partial charge on any atom is 0.138 e. The van der Waals surface area contributed by atoms with Gasteiger partial charge < -0.3 is 14.2 Å². The number of nitrogens with zero attached hydrogens (tertiary/aromatic N) is 4. The van der Waals surface area contributed by atoms with Crippen molar-refractivity contribution in [1.82, 2.24) is 15.1 Å². The summed E-state index contributed by atoms with van der Waals surface area (Å²) in [6.45, 7) is 5.05. The molecule has 0 saturated heterocycles. The Balaban J connectivity index is 1.70. The van der Waals surface area contributed by atoms with Crippen LogP contribution in [-0.4, -0.2) is 22.2 Å². The number of benzene rings is 1. The molecule has 1 aromatic carbocycles. The first-order valence-corrected chi connectivity index (χ1v) is 8.30. The third-order valence-corrected chi connectivity index (χ3v) is 4.65. The maximum absolute atomic E-state index is 5.92. The number of aromatic nitrogens is 3. The summed E-state index contributed by atoms with van der Waals surface area (Å²) >= 11 is 0. The molecule has 0 radical (unpaired) electrons. The molecule has 128 valence electrons. The van der Waals surface area contributed by atoms with Crippen molar-refractivity contribution in [3.63, 3.8) is 0 Å². The average molecular weight is 336 g/mol. The van der Waals surface area contributed by atoms with E-state index in [1.807, 2.05) is 39.1 Å². The standard InChI is InChI=1S/C19H20N4O2/c1-12-16(13(2)25-22-12)9-23(3)19-15-8-14-6-4-5-7-18(14)24-10-17(15)20-11-21-19/h4-7,11H,8-10H2,1-3H3. The Kier molecular flexibility index (Phi) is 3.87. The number of hydrogen-bond donors (Lipinski definition) is 0. The van der Waals surface area contributed by atoms with Gasteiger partial charge in [-0.25, -0.2) is 9.97 Å². The Hall–Kier alpha value is -2.89. The Morgan fingerprint density at radius 3 is 2.80 bits per heavy atom. The first-order chi connectivity index (χ1) is 12.1. The molecule has 4 rings (SSSR count). The average Bonchev–Trinajstić information content (AvgIpc) is 2.84. The van der Waals surface area contributed by atoms with Crippen LogP contribution in [0.3, 0.4) is 0 Å². The molecule has 0 amide bonds. The molecule has 6 nitrogen and oxygen atoms in total. The molecule has 2 aromatic heterocycles. The highest BCUT2D eigenvalue weighted by Gasteiger charge is 2.22. The van der Waals surface area contributed by atoms with Crippen LogP contribution in [0.1, 0.15) is 33.8 Å². The largest absolute Gasteiger partial charge is 0.487 e. The van der Waals surface area contributed by atoms with Crippen molar-refractivity contribution in [1.29, 1.82) is 0 Å². The molecule has 3 aromatic rings. The minimum Gasteiger partial charge on any atom is -0.487 e. The van der Waals surface area contributed by atoms with Crippen LogP contribution in [0.15, 0.2) is 35.1 Å². The zero-order chi connectivity index (χ0) is 17.4. The van der Waals surface area contributed by atoms with Crippen LogP contribution in [-0.2, 0) is 19.6 Å². The summed E-state index contributed by atoms with van der Waals surface area (Å²) in [5.74, 6) is 2.68. The van der Waals surface area contributed by atoms with Crippen LogP contribution >= 0.6 is 0 Å². The van der Waals surface area contributed by atoms with Crippen molar-refractivity contribution in [2.24, 2.45) is 0 Å². The van der Waals surface area contributed by atoms with Gasteiger partial charge in [0.2, 0.25) is 0 Å². The predicted molar refractivity (Wildman–Crippen MR) is 93.7 cm³/mol. The molecule has 0 saturated carbocycles. The minimum atomic E-state index is 0.459. The van der Waals surface area contributed by atoms with Crippen molar-refractivity contribution >= 4 is 5.82 Å². The van der Waals surface area contributed by atoms with Crippen LogP contribution < -0.4 is 9.64 Å². The van der Waals surface area contributed by atoms with E-state index in [1.165, 1.54) is 0 Å². The number of anilines is 1. The molecule has 0 spiro atoms. The zero-order valence-corrected chi connectivity index (χ0v) is 14.6. The summed E-state index contributed by atoms with van der Waals surface area (Å²) in [7, 11) is 2.03. The maximum atomic E-state index is 5.92. The molecule has 1 aliphatic rings. The summed E-state index contributed by atoms with van der Waals surface area (Å²) in [4.78, 5) is 11.1. The fourth-order valence-corrected chi connectivity index (χ4v) is 3.24. The Bertz CT molecular complexity index is 900. The molecule has 0 bridgehead atoms. The van der Waals surface area contributed by atoms with Gasteiger partial charge >= 0.3 is 0 Å². The third kappa shape index (κ3) is 2.84. The Morgan fingerprint density at radius 1 is 1.16 bits per heavy atom. The molecule has 0 fully saturated rings. The van der Waals surface area contributed by atoms with Crippen molar-refractivity contribution in [3.8, 4) is 5.75 Å². The number of rotatable bonds is 3. The van der Waals surface area contributed by atoms with Gasteiger partial charge in [-0.2, -0.15) is 0 Å². The predicted octanol–water partition coefficient (Wildman–Crippen LogP) is 3.20. The summed E-state index contributed by atoms with van der Waals surface area (Å²) < 4.78 is 11.2. The number of para-hydroxylation sites is 1. The quantitative estimate of drug-likeness (QED) is 0.732. The van der Waals surface area contributed by atoms with E-state index in [0.717, 1.165) is 51.8 Å². The molecule has 0 unspecified atom stereocenters. The van der Waals surface area contributed by atoms with E-state index in [-0.39, 0.29) is 0 Å². The lowest BCUT2D eigenvalue weighted by Crippen LogP contribution is -2.21. The van der Waals surface area contributed by atoms with Gasteiger partial charge in [0.15, 0.2) is 0 Å². The molecular weight excluding hydrogens is 316 g/mol. The monoisotopic (exact) mass is 336 g/mol. The van der Waals surface area contributed by atoms with Crippen molar-refractivity contribution in [2.75, 3.05) is 11.9 Å². The minimum absolute atomic E-state index is 0.459. The van der Waals surface area contributed by atoms with Gasteiger partial charge in [-0.1, -0.05) is 23.4 Å². The highest BCUT2D eigenvalue weighted by Crippen LogP contribution is 2.31. The second-order valence-corrected chi connectivity index (χ2v) is 6.35. The lowest BCUT2D eigenvalue weighted by Gasteiger charge is -2.21. The molecule has 1 aliphatic heterocycles. The number of ether oxygens (including phenoxy) is 1. The summed E-state index contributed by atoms with van der Waals surface area (Å²) in [6, 6.07) is 8.12. The molecular formula is C19H20N4O2. The molecule has 25 heavy (non-hydrogen) atoms. The molecule has 6 heteroatoms. The summed E-state index contributed by atoms with van der Waals surface area (Å²) in [5, 5.41) is 4.04. The normalized spacial score (nSPS) is 12.8. The van der Waals surface area contributed by atoms with Gasteiger partial charge in [0.25, 0.3) is 0 Å². The smallest absolute Gasteiger partial charge is 0.138 e. The van der Waals surface area contributed by atoms with E-state index in [2.05, 4.69) is 26.1 Å². The Morgan fingerprint density at radius 2 is 2.00 bits per heavy atom. The van der Waals surface area contributed by atoms with Gasteiger partial charge in [-0.05, 0) is 25.5 Å². The van der Waals surface area contributed by atoms with Crippen LogP contribution in [0.5, 0.6) is 5.75 Å². The van der Waals surface area contributed by atoms with Crippen LogP contribution in [0, 0.1) is 13.8 Å². The Labute approximate surface area is 146 Å². The van der Waals surface area contributed by atoms with Gasteiger partial charge in [-0.15, -0.1) is 0 Å². The van der Waals surface area contributed by atoms with Crippen molar-refractivity contribution in [2.45, 2.75) is 33.4 Å². The topological polar surface area (TPSA) is 64.3 Å². The third-order valence-electron chi connectivity index (χ3n) is 4.65. The number of fused-ring (bicyclic) bond motifs is 2. The highest BCUT2D eigenvalue weighted by molar-refractivity contribution is 5.53.